The van der Waals surface area contributed by atoms with Gasteiger partial charge in [-0.05, 0) is 84.4 Å². The van der Waals surface area contributed by atoms with Gasteiger partial charge in [-0.1, -0.05) is 39.0 Å². The second-order valence-electron chi connectivity index (χ2n) is 11.5. The van der Waals surface area contributed by atoms with Crippen LogP contribution in [-0.4, -0.2) is 35.3 Å². The summed E-state index contributed by atoms with van der Waals surface area (Å²) in [5, 5.41) is 12.1. The number of hydrogen-bond donors (Lipinski definition) is 1. The zero-order valence-corrected chi connectivity index (χ0v) is 18.9. The molecule has 2 aromatic rings. The lowest BCUT2D eigenvalue weighted by molar-refractivity contribution is -0.131. The number of fused-ring (bicyclic) bond motifs is 1. The number of hydrogen-bond acceptors (Lipinski definition) is 3. The quantitative estimate of drug-likeness (QED) is 0.697. The summed E-state index contributed by atoms with van der Waals surface area (Å²) < 4.78 is 6.37. The second-order valence-corrected chi connectivity index (χ2v) is 11.5. The highest BCUT2D eigenvalue weighted by atomic mass is 16.5. The Balaban J connectivity index is 1.17. The molecule has 1 aliphatic heterocycles. The lowest BCUT2D eigenvalue weighted by Crippen LogP contribution is -2.63. The fourth-order valence-electron chi connectivity index (χ4n) is 6.15. The first kappa shape index (κ1) is 20.3. The van der Waals surface area contributed by atoms with Gasteiger partial charge in [0, 0.05) is 25.0 Å². The maximum absolute atomic E-state index is 9.58. The predicted molar refractivity (Wildman–Crippen MR) is 123 cm³/mol. The van der Waals surface area contributed by atoms with Gasteiger partial charge in [-0.25, -0.2) is 0 Å². The summed E-state index contributed by atoms with van der Waals surface area (Å²) in [4.78, 5) is 2.51. The van der Waals surface area contributed by atoms with Crippen molar-refractivity contribution in [1.82, 2.24) is 4.90 Å². The maximum atomic E-state index is 9.58. The standard InChI is InChI=1S/C27H37NO2/c1-26(2,3)22-7-10-24(11-8-22)30-25-9-6-20-12-19(4-5-21(20)13-25)16-28-17-27(18-28)14-23(29)15-27/h4-6,9,12-13,22-24,29H,7-8,10-11,14-18H2,1-3H3/t22-,24-. The number of aliphatic hydroxyl groups excluding tert-OH is 1. The molecule has 0 atom stereocenters. The minimum Gasteiger partial charge on any atom is -0.490 e. The summed E-state index contributed by atoms with van der Waals surface area (Å²) in [7, 11) is 0. The Bertz CT molecular complexity index is 893. The van der Waals surface area contributed by atoms with Gasteiger partial charge in [-0.3, -0.25) is 4.90 Å². The molecular formula is C27H37NO2. The van der Waals surface area contributed by atoms with Crippen LogP contribution in [0, 0.1) is 16.7 Å². The lowest BCUT2D eigenvalue weighted by Gasteiger charge is -2.58. The zero-order chi connectivity index (χ0) is 20.9. The Hall–Kier alpha value is -1.58. The Kier molecular flexibility index (Phi) is 5.10. The van der Waals surface area contributed by atoms with Crippen LogP contribution in [0.4, 0.5) is 0 Å². The first-order chi connectivity index (χ1) is 14.3. The third kappa shape index (κ3) is 4.11. The molecule has 2 aliphatic carbocycles. The summed E-state index contributed by atoms with van der Waals surface area (Å²) in [5.41, 5.74) is 2.24. The molecule has 1 N–H and O–H groups in total. The van der Waals surface area contributed by atoms with Gasteiger partial charge in [0.1, 0.15) is 5.75 Å². The average molecular weight is 408 g/mol. The Morgan fingerprint density at radius 3 is 2.30 bits per heavy atom. The van der Waals surface area contributed by atoms with E-state index in [2.05, 4.69) is 62.1 Å². The van der Waals surface area contributed by atoms with E-state index < -0.39 is 0 Å². The number of rotatable bonds is 4. The van der Waals surface area contributed by atoms with Crippen LogP contribution in [-0.2, 0) is 6.54 Å². The van der Waals surface area contributed by atoms with E-state index in [1.807, 2.05) is 0 Å². The molecule has 1 heterocycles. The van der Waals surface area contributed by atoms with Crippen molar-refractivity contribution in [2.75, 3.05) is 13.1 Å². The van der Waals surface area contributed by atoms with Crippen molar-refractivity contribution in [2.45, 2.75) is 78.0 Å². The van der Waals surface area contributed by atoms with Gasteiger partial charge >= 0.3 is 0 Å². The summed E-state index contributed by atoms with van der Waals surface area (Å²) in [6.07, 6.45) is 7.23. The van der Waals surface area contributed by atoms with Crippen molar-refractivity contribution in [3.63, 3.8) is 0 Å². The summed E-state index contributed by atoms with van der Waals surface area (Å²) in [6.45, 7) is 10.4. The molecule has 2 aromatic carbocycles. The molecule has 3 heteroatoms. The Morgan fingerprint density at radius 1 is 0.967 bits per heavy atom. The molecule has 30 heavy (non-hydrogen) atoms. The van der Waals surface area contributed by atoms with Crippen LogP contribution in [0.1, 0.15) is 64.9 Å². The molecule has 0 radical (unpaired) electrons. The van der Waals surface area contributed by atoms with Crippen molar-refractivity contribution in [1.29, 1.82) is 0 Å². The molecule has 162 valence electrons. The van der Waals surface area contributed by atoms with Gasteiger partial charge in [0.15, 0.2) is 0 Å². The van der Waals surface area contributed by atoms with E-state index in [1.165, 1.54) is 42.0 Å². The molecule has 0 unspecified atom stereocenters. The van der Waals surface area contributed by atoms with Crippen LogP contribution < -0.4 is 4.74 Å². The summed E-state index contributed by atoms with van der Waals surface area (Å²) >= 11 is 0. The van der Waals surface area contributed by atoms with Crippen molar-refractivity contribution < 1.29 is 9.84 Å². The van der Waals surface area contributed by atoms with Gasteiger partial charge in [-0.15, -0.1) is 0 Å². The fraction of sp³-hybridized carbons (Fsp3) is 0.630. The van der Waals surface area contributed by atoms with Gasteiger partial charge in [-0.2, -0.15) is 0 Å². The van der Waals surface area contributed by atoms with Crippen molar-refractivity contribution in [3.05, 3.63) is 42.0 Å². The molecule has 0 amide bonds. The number of ether oxygens (including phenoxy) is 1. The molecule has 3 aliphatic rings. The summed E-state index contributed by atoms with van der Waals surface area (Å²) in [5.74, 6) is 1.84. The first-order valence-electron chi connectivity index (χ1n) is 11.9. The van der Waals surface area contributed by atoms with E-state index in [1.54, 1.807) is 0 Å². The SMILES string of the molecule is CC(C)(C)[C@H]1CC[C@H](Oc2ccc3cc(CN4CC5(CC(O)C5)C4)ccc3c2)CC1. The molecule has 5 rings (SSSR count). The summed E-state index contributed by atoms with van der Waals surface area (Å²) in [6, 6.07) is 13.4. The topological polar surface area (TPSA) is 32.7 Å². The lowest BCUT2D eigenvalue weighted by atomic mass is 9.62. The van der Waals surface area contributed by atoms with Crippen LogP contribution >= 0.6 is 0 Å². The molecule has 1 saturated heterocycles. The molecule has 3 fully saturated rings. The van der Waals surface area contributed by atoms with Gasteiger partial charge < -0.3 is 9.84 Å². The highest BCUT2D eigenvalue weighted by Crippen LogP contribution is 2.48. The molecule has 0 bridgehead atoms. The smallest absolute Gasteiger partial charge is 0.120 e. The number of aliphatic hydroxyl groups is 1. The Morgan fingerprint density at radius 2 is 1.63 bits per heavy atom. The van der Waals surface area contributed by atoms with Gasteiger partial charge in [0.05, 0.1) is 12.2 Å². The molecule has 2 saturated carbocycles. The van der Waals surface area contributed by atoms with Crippen LogP contribution in [0.2, 0.25) is 0 Å². The van der Waals surface area contributed by atoms with Crippen LogP contribution in [0.15, 0.2) is 36.4 Å². The van der Waals surface area contributed by atoms with Crippen LogP contribution in [0.5, 0.6) is 5.75 Å². The van der Waals surface area contributed by atoms with E-state index >= 15 is 0 Å². The van der Waals surface area contributed by atoms with Crippen molar-refractivity contribution >= 4 is 10.8 Å². The monoisotopic (exact) mass is 407 g/mol. The third-order valence-corrected chi connectivity index (χ3v) is 7.94. The van der Waals surface area contributed by atoms with E-state index in [0.29, 0.717) is 16.9 Å². The maximum Gasteiger partial charge on any atom is 0.120 e. The zero-order valence-electron chi connectivity index (χ0n) is 18.9. The van der Waals surface area contributed by atoms with E-state index in [9.17, 15) is 5.11 Å². The minimum atomic E-state index is -0.0437. The number of nitrogens with zero attached hydrogens (tertiary/aromatic N) is 1. The van der Waals surface area contributed by atoms with Gasteiger partial charge in [0.2, 0.25) is 0 Å². The Labute approximate surface area is 181 Å². The predicted octanol–water partition coefficient (Wildman–Crippen LogP) is 5.78. The second kappa shape index (κ2) is 7.53. The third-order valence-electron chi connectivity index (χ3n) is 7.94. The van der Waals surface area contributed by atoms with Gasteiger partial charge in [0.25, 0.3) is 0 Å². The molecular weight excluding hydrogens is 370 g/mol. The molecule has 1 spiro atoms. The molecule has 3 nitrogen and oxygen atoms in total. The molecule has 0 aromatic heterocycles. The fourth-order valence-corrected chi connectivity index (χ4v) is 6.15. The number of benzene rings is 2. The number of likely N-dealkylation sites (tertiary alicyclic amines) is 1. The van der Waals surface area contributed by atoms with E-state index in [0.717, 1.165) is 44.1 Å². The normalized spacial score (nSPS) is 27.1. The van der Waals surface area contributed by atoms with Crippen molar-refractivity contribution in [2.24, 2.45) is 16.7 Å². The van der Waals surface area contributed by atoms with Crippen molar-refractivity contribution in [3.8, 4) is 5.75 Å². The average Bonchev–Trinajstić information content (AvgIpc) is 2.65. The highest BCUT2D eigenvalue weighted by Gasteiger charge is 2.51. The largest absolute Gasteiger partial charge is 0.490 e. The van der Waals surface area contributed by atoms with Crippen LogP contribution in [0.25, 0.3) is 10.8 Å². The minimum absolute atomic E-state index is 0.0437. The first-order valence-corrected chi connectivity index (χ1v) is 11.9. The van der Waals surface area contributed by atoms with E-state index in [-0.39, 0.29) is 6.10 Å². The van der Waals surface area contributed by atoms with E-state index in [4.69, 9.17) is 4.74 Å². The highest BCUT2D eigenvalue weighted by molar-refractivity contribution is 5.84. The van der Waals surface area contributed by atoms with Crippen LogP contribution in [0.3, 0.4) is 0 Å².